The fourth-order valence-electron chi connectivity index (χ4n) is 2.03. The molecule has 0 heterocycles. The first-order chi connectivity index (χ1) is 6.47. The lowest BCUT2D eigenvalue weighted by Gasteiger charge is -2.31. The van der Waals surface area contributed by atoms with E-state index in [-0.39, 0.29) is 5.54 Å². The minimum Gasteiger partial charge on any atom is -0.389 e. The average molecular weight is 201 g/mol. The van der Waals surface area contributed by atoms with Crippen molar-refractivity contribution in [1.29, 1.82) is 0 Å². The number of methoxy groups -OCH3 is 1. The highest BCUT2D eigenvalue weighted by molar-refractivity contribution is 4.89. The van der Waals surface area contributed by atoms with E-state index in [9.17, 15) is 5.11 Å². The molecule has 1 saturated carbocycles. The highest BCUT2D eigenvalue weighted by Crippen LogP contribution is 2.29. The molecule has 0 aromatic carbocycles. The summed E-state index contributed by atoms with van der Waals surface area (Å²) in [5, 5.41) is 13.5. The number of hydrogen-bond acceptors (Lipinski definition) is 3. The SMILES string of the molecule is COCC(C)(C)NCC1(O)CCCC1. The van der Waals surface area contributed by atoms with Gasteiger partial charge in [0.2, 0.25) is 0 Å². The largest absolute Gasteiger partial charge is 0.389 e. The first kappa shape index (κ1) is 12.0. The maximum atomic E-state index is 10.1. The van der Waals surface area contributed by atoms with Crippen molar-refractivity contribution in [1.82, 2.24) is 5.32 Å². The number of β-amino-alcohol motifs (C(OH)–C–C–N with tert-alkyl or cyclic N) is 1. The van der Waals surface area contributed by atoms with E-state index in [1.807, 2.05) is 0 Å². The minimum atomic E-state index is -0.467. The highest BCUT2D eigenvalue weighted by atomic mass is 16.5. The van der Waals surface area contributed by atoms with Gasteiger partial charge >= 0.3 is 0 Å². The molecule has 0 bridgehead atoms. The molecule has 0 unspecified atom stereocenters. The smallest absolute Gasteiger partial charge is 0.0771 e. The van der Waals surface area contributed by atoms with Gasteiger partial charge < -0.3 is 15.2 Å². The zero-order chi connectivity index (χ0) is 10.7. The molecular weight excluding hydrogens is 178 g/mol. The number of rotatable bonds is 5. The van der Waals surface area contributed by atoms with Gasteiger partial charge in [-0.15, -0.1) is 0 Å². The van der Waals surface area contributed by atoms with Crippen LogP contribution in [0.4, 0.5) is 0 Å². The Morgan fingerprint density at radius 2 is 1.93 bits per heavy atom. The summed E-state index contributed by atoms with van der Waals surface area (Å²) in [7, 11) is 1.70. The van der Waals surface area contributed by atoms with Crippen LogP contribution in [0, 0.1) is 0 Å². The van der Waals surface area contributed by atoms with E-state index in [1.54, 1.807) is 7.11 Å². The molecule has 84 valence electrons. The Hall–Kier alpha value is -0.120. The van der Waals surface area contributed by atoms with Crippen LogP contribution in [0.5, 0.6) is 0 Å². The molecule has 0 atom stereocenters. The predicted molar refractivity (Wildman–Crippen MR) is 57.4 cm³/mol. The van der Waals surface area contributed by atoms with E-state index in [0.29, 0.717) is 13.2 Å². The van der Waals surface area contributed by atoms with Crippen molar-refractivity contribution in [2.75, 3.05) is 20.3 Å². The van der Waals surface area contributed by atoms with Crippen LogP contribution in [0.25, 0.3) is 0 Å². The Labute approximate surface area is 86.8 Å². The predicted octanol–water partition coefficient (Wildman–Crippen LogP) is 1.31. The molecule has 1 rings (SSSR count). The van der Waals surface area contributed by atoms with Crippen LogP contribution in [-0.4, -0.2) is 36.5 Å². The molecule has 3 nitrogen and oxygen atoms in total. The van der Waals surface area contributed by atoms with E-state index in [4.69, 9.17) is 4.74 Å². The van der Waals surface area contributed by atoms with Crippen LogP contribution in [-0.2, 0) is 4.74 Å². The number of aliphatic hydroxyl groups is 1. The summed E-state index contributed by atoms with van der Waals surface area (Å²) in [5.74, 6) is 0. The molecule has 14 heavy (non-hydrogen) atoms. The summed E-state index contributed by atoms with van der Waals surface area (Å²) in [5.41, 5.74) is -0.516. The Kier molecular flexibility index (Phi) is 3.93. The van der Waals surface area contributed by atoms with Gasteiger partial charge in [0.15, 0.2) is 0 Å². The highest BCUT2D eigenvalue weighted by Gasteiger charge is 2.32. The van der Waals surface area contributed by atoms with Crippen molar-refractivity contribution < 1.29 is 9.84 Å². The van der Waals surface area contributed by atoms with Crippen molar-refractivity contribution in [3.63, 3.8) is 0 Å². The van der Waals surface area contributed by atoms with Crippen LogP contribution in [0.2, 0.25) is 0 Å². The number of hydrogen-bond donors (Lipinski definition) is 2. The molecule has 0 aromatic rings. The van der Waals surface area contributed by atoms with Crippen molar-refractivity contribution in [2.24, 2.45) is 0 Å². The number of nitrogens with one attached hydrogen (secondary N) is 1. The summed E-state index contributed by atoms with van der Waals surface area (Å²) < 4.78 is 5.11. The van der Waals surface area contributed by atoms with Gasteiger partial charge in [-0.25, -0.2) is 0 Å². The zero-order valence-electron chi connectivity index (χ0n) is 9.60. The summed E-state index contributed by atoms with van der Waals surface area (Å²) in [6, 6.07) is 0. The molecule has 1 aliphatic carbocycles. The molecule has 0 spiro atoms. The second-order valence-corrected chi connectivity index (χ2v) is 5.10. The molecule has 0 radical (unpaired) electrons. The third kappa shape index (κ3) is 3.56. The number of ether oxygens (including phenoxy) is 1. The Morgan fingerprint density at radius 1 is 1.36 bits per heavy atom. The molecular formula is C11H23NO2. The third-order valence-corrected chi connectivity index (χ3v) is 2.94. The maximum Gasteiger partial charge on any atom is 0.0771 e. The lowest BCUT2D eigenvalue weighted by molar-refractivity contribution is 0.0320. The first-order valence-electron chi connectivity index (χ1n) is 5.44. The molecule has 1 aliphatic rings. The minimum absolute atomic E-state index is 0.0485. The summed E-state index contributed by atoms with van der Waals surface area (Å²) in [4.78, 5) is 0. The van der Waals surface area contributed by atoms with E-state index < -0.39 is 5.60 Å². The van der Waals surface area contributed by atoms with Gasteiger partial charge in [0.05, 0.1) is 12.2 Å². The van der Waals surface area contributed by atoms with E-state index in [2.05, 4.69) is 19.2 Å². The standard InChI is InChI=1S/C11H23NO2/c1-10(2,9-14-3)12-8-11(13)6-4-5-7-11/h12-13H,4-9H2,1-3H3. The van der Waals surface area contributed by atoms with Crippen LogP contribution in [0.3, 0.4) is 0 Å². The monoisotopic (exact) mass is 201 g/mol. The lowest BCUT2D eigenvalue weighted by Crippen LogP contribution is -2.50. The van der Waals surface area contributed by atoms with Crippen LogP contribution in [0.1, 0.15) is 39.5 Å². The third-order valence-electron chi connectivity index (χ3n) is 2.94. The molecule has 2 N–H and O–H groups in total. The Morgan fingerprint density at radius 3 is 2.43 bits per heavy atom. The molecule has 0 aromatic heterocycles. The summed E-state index contributed by atoms with van der Waals surface area (Å²) in [6.45, 7) is 5.54. The zero-order valence-corrected chi connectivity index (χ0v) is 9.60. The lowest BCUT2D eigenvalue weighted by atomic mass is 9.99. The average Bonchev–Trinajstić information content (AvgIpc) is 2.50. The van der Waals surface area contributed by atoms with Gasteiger partial charge in [0, 0.05) is 19.2 Å². The van der Waals surface area contributed by atoms with Crippen LogP contribution < -0.4 is 5.32 Å². The maximum absolute atomic E-state index is 10.1. The molecule has 0 saturated heterocycles. The van der Waals surface area contributed by atoms with Crippen LogP contribution in [0.15, 0.2) is 0 Å². The van der Waals surface area contributed by atoms with Crippen molar-refractivity contribution in [3.05, 3.63) is 0 Å². The molecule has 1 fully saturated rings. The summed E-state index contributed by atoms with van der Waals surface area (Å²) in [6.07, 6.45) is 4.18. The van der Waals surface area contributed by atoms with E-state index in [1.165, 1.54) is 0 Å². The molecule has 0 amide bonds. The topological polar surface area (TPSA) is 41.5 Å². The van der Waals surface area contributed by atoms with E-state index >= 15 is 0 Å². The first-order valence-corrected chi connectivity index (χ1v) is 5.44. The molecule has 0 aliphatic heterocycles. The van der Waals surface area contributed by atoms with Gasteiger partial charge in [-0.1, -0.05) is 12.8 Å². The van der Waals surface area contributed by atoms with Gasteiger partial charge in [0.1, 0.15) is 0 Å². The Bertz CT molecular complexity index is 174. The van der Waals surface area contributed by atoms with Crippen molar-refractivity contribution in [3.8, 4) is 0 Å². The fraction of sp³-hybridized carbons (Fsp3) is 1.00. The van der Waals surface area contributed by atoms with Gasteiger partial charge in [-0.2, -0.15) is 0 Å². The van der Waals surface area contributed by atoms with Crippen LogP contribution >= 0.6 is 0 Å². The Balaban J connectivity index is 2.31. The van der Waals surface area contributed by atoms with Crippen molar-refractivity contribution >= 4 is 0 Å². The second-order valence-electron chi connectivity index (χ2n) is 5.10. The molecule has 3 heteroatoms. The van der Waals surface area contributed by atoms with E-state index in [0.717, 1.165) is 25.7 Å². The van der Waals surface area contributed by atoms with Gasteiger partial charge in [0.25, 0.3) is 0 Å². The quantitative estimate of drug-likeness (QED) is 0.704. The van der Waals surface area contributed by atoms with Crippen molar-refractivity contribution in [2.45, 2.75) is 50.7 Å². The second kappa shape index (κ2) is 4.60. The fourth-order valence-corrected chi connectivity index (χ4v) is 2.03. The van der Waals surface area contributed by atoms with Gasteiger partial charge in [-0.3, -0.25) is 0 Å². The van der Waals surface area contributed by atoms with Gasteiger partial charge in [-0.05, 0) is 26.7 Å². The summed E-state index contributed by atoms with van der Waals surface area (Å²) >= 11 is 0. The normalized spacial score (nSPS) is 21.4.